The van der Waals surface area contributed by atoms with Gasteiger partial charge in [-0.15, -0.1) is 5.10 Å². The Morgan fingerprint density at radius 1 is 1.05 bits per heavy atom. The van der Waals surface area contributed by atoms with E-state index in [0.717, 1.165) is 5.56 Å². The van der Waals surface area contributed by atoms with E-state index in [1.807, 2.05) is 30.3 Å². The van der Waals surface area contributed by atoms with Crippen LogP contribution in [-0.4, -0.2) is 36.4 Å². The molecule has 1 atom stereocenters. The Labute approximate surface area is 247 Å². The Hall–Kier alpha value is -4.87. The van der Waals surface area contributed by atoms with Gasteiger partial charge >= 0.3 is 0 Å². The van der Waals surface area contributed by atoms with Crippen LogP contribution in [-0.2, 0) is 17.8 Å². The molecule has 1 unspecified atom stereocenters. The fourth-order valence-electron chi connectivity index (χ4n) is 4.78. The molecule has 2 amide bonds. The van der Waals surface area contributed by atoms with Crippen LogP contribution in [0.4, 0.5) is 10.1 Å². The van der Waals surface area contributed by atoms with Crippen LogP contribution in [0.2, 0.25) is 10.2 Å². The van der Waals surface area contributed by atoms with Crippen molar-refractivity contribution in [2.75, 3.05) is 5.32 Å². The Balaban J connectivity index is 1.38. The predicted molar refractivity (Wildman–Crippen MR) is 154 cm³/mol. The summed E-state index contributed by atoms with van der Waals surface area (Å²) in [5.74, 6) is -1.71. The topological polar surface area (TPSA) is 124 Å². The van der Waals surface area contributed by atoms with E-state index in [2.05, 4.69) is 25.9 Å². The van der Waals surface area contributed by atoms with Crippen molar-refractivity contribution in [1.29, 1.82) is 0 Å². The molecule has 2 N–H and O–H groups in total. The molecule has 0 saturated heterocycles. The first kappa shape index (κ1) is 27.3. The highest BCUT2D eigenvalue weighted by molar-refractivity contribution is 6.31. The van der Waals surface area contributed by atoms with Gasteiger partial charge in [0.1, 0.15) is 11.9 Å². The highest BCUT2D eigenvalue weighted by Crippen LogP contribution is 2.29. The minimum atomic E-state index is -1.10. The number of hydrogen-bond acceptors (Lipinski definition) is 6. The molecule has 1 aliphatic rings. The molecular formula is C29H20Cl2FN7O3. The van der Waals surface area contributed by atoms with Crippen LogP contribution < -0.4 is 16.2 Å². The zero-order chi connectivity index (χ0) is 29.4. The van der Waals surface area contributed by atoms with Gasteiger partial charge in [-0.05, 0) is 41.5 Å². The molecule has 42 heavy (non-hydrogen) atoms. The predicted octanol–water partition coefficient (Wildman–Crippen LogP) is 4.60. The number of amides is 2. The van der Waals surface area contributed by atoms with Crippen LogP contribution in [0, 0.1) is 5.82 Å². The summed E-state index contributed by atoms with van der Waals surface area (Å²) in [5, 5.41) is 13.5. The highest BCUT2D eigenvalue weighted by Gasteiger charge is 2.27. The molecule has 0 saturated carbocycles. The lowest BCUT2D eigenvalue weighted by atomic mass is 10.0. The van der Waals surface area contributed by atoms with Gasteiger partial charge in [0.15, 0.2) is 5.15 Å². The molecular weight excluding hydrogens is 584 g/mol. The van der Waals surface area contributed by atoms with Gasteiger partial charge in [0.05, 0.1) is 29.6 Å². The van der Waals surface area contributed by atoms with Gasteiger partial charge in [-0.1, -0.05) is 58.7 Å². The first-order valence-corrected chi connectivity index (χ1v) is 13.4. The second-order valence-electron chi connectivity index (χ2n) is 9.53. The number of anilines is 1. The molecule has 6 rings (SSSR count). The number of carbonyl (C=O) groups excluding carboxylic acids is 2. The molecule has 3 aromatic carbocycles. The average Bonchev–Trinajstić information content (AvgIpc) is 3.57. The summed E-state index contributed by atoms with van der Waals surface area (Å²) in [4.78, 5) is 43.8. The molecule has 0 fully saturated rings. The first-order valence-electron chi connectivity index (χ1n) is 12.7. The summed E-state index contributed by atoms with van der Waals surface area (Å²) >= 11 is 12.2. The molecule has 10 nitrogen and oxygen atoms in total. The van der Waals surface area contributed by atoms with Crippen molar-refractivity contribution in [3.63, 3.8) is 0 Å². The van der Waals surface area contributed by atoms with E-state index >= 15 is 0 Å². The zero-order valence-corrected chi connectivity index (χ0v) is 23.1. The van der Waals surface area contributed by atoms with E-state index in [-0.39, 0.29) is 41.0 Å². The van der Waals surface area contributed by atoms with Crippen molar-refractivity contribution in [2.24, 2.45) is 0 Å². The largest absolute Gasteiger partial charge is 0.348 e. The van der Waals surface area contributed by atoms with Crippen LogP contribution in [0.15, 0.2) is 84.0 Å². The van der Waals surface area contributed by atoms with Gasteiger partial charge in [-0.2, -0.15) is 0 Å². The van der Waals surface area contributed by atoms with Crippen LogP contribution in [0.5, 0.6) is 0 Å². The minimum absolute atomic E-state index is 0.112. The van der Waals surface area contributed by atoms with Crippen molar-refractivity contribution in [3.05, 3.63) is 122 Å². The van der Waals surface area contributed by atoms with E-state index in [1.54, 1.807) is 18.2 Å². The molecule has 0 spiro atoms. The van der Waals surface area contributed by atoms with Gasteiger partial charge in [-0.25, -0.2) is 14.1 Å². The monoisotopic (exact) mass is 603 g/mol. The highest BCUT2D eigenvalue weighted by atomic mass is 35.5. The standard InChI is InChI=1S/C29H20Cl2FN7O3/c30-18-6-7-24(39-14-26(31)36-37-39)20(10-18)22-12-27(40)38(15-34-22)25(8-16-4-2-1-3-5-16)29(42)35-23-11-19-17(9-21(23)32)13-33-28(19)41/h1-7,9-12,14-15,25H,8,13H2,(H,33,41)(H,35,42). The second kappa shape index (κ2) is 11.2. The summed E-state index contributed by atoms with van der Waals surface area (Å²) < 4.78 is 17.5. The van der Waals surface area contributed by atoms with E-state index in [1.165, 1.54) is 40.0 Å². The fourth-order valence-corrected chi connectivity index (χ4v) is 5.07. The molecule has 0 aliphatic carbocycles. The molecule has 5 aromatic rings. The number of carbonyl (C=O) groups is 2. The molecule has 13 heteroatoms. The number of rotatable bonds is 7. The second-order valence-corrected chi connectivity index (χ2v) is 10.4. The summed E-state index contributed by atoms with van der Waals surface area (Å²) in [6.07, 6.45) is 2.87. The van der Waals surface area contributed by atoms with Crippen LogP contribution in [0.1, 0.15) is 27.5 Å². The number of nitrogens with one attached hydrogen (secondary N) is 2. The van der Waals surface area contributed by atoms with Crippen molar-refractivity contribution < 1.29 is 14.0 Å². The maximum atomic E-state index is 14.9. The summed E-state index contributed by atoms with van der Waals surface area (Å²) in [6.45, 7) is 0.210. The first-order chi connectivity index (χ1) is 20.3. The molecule has 2 aromatic heterocycles. The van der Waals surface area contributed by atoms with E-state index in [4.69, 9.17) is 23.2 Å². The van der Waals surface area contributed by atoms with Crippen molar-refractivity contribution in [2.45, 2.75) is 19.0 Å². The number of aromatic nitrogens is 5. The van der Waals surface area contributed by atoms with Crippen LogP contribution >= 0.6 is 23.2 Å². The summed E-state index contributed by atoms with van der Waals surface area (Å²) in [7, 11) is 0. The normalized spacial score (nSPS) is 13.0. The van der Waals surface area contributed by atoms with E-state index < -0.39 is 23.3 Å². The Morgan fingerprint density at radius 2 is 1.86 bits per heavy atom. The van der Waals surface area contributed by atoms with Gasteiger partial charge in [0.2, 0.25) is 5.91 Å². The number of hydrogen-bond donors (Lipinski definition) is 2. The van der Waals surface area contributed by atoms with Gasteiger partial charge in [0, 0.05) is 35.2 Å². The third-order valence-electron chi connectivity index (χ3n) is 6.83. The Kier molecular flexibility index (Phi) is 7.27. The number of nitrogens with zero attached hydrogens (tertiary/aromatic N) is 5. The summed E-state index contributed by atoms with van der Waals surface area (Å²) in [5.41, 5.74) is 2.13. The maximum absolute atomic E-state index is 14.9. The van der Waals surface area contributed by atoms with Crippen LogP contribution in [0.25, 0.3) is 16.9 Å². The van der Waals surface area contributed by atoms with E-state index in [9.17, 15) is 18.8 Å². The SMILES string of the molecule is O=C1NCc2cc(F)c(NC(=O)C(Cc3ccccc3)n3cnc(-c4cc(Cl)ccc4-n4cc(Cl)nn4)cc3=O)cc21. The molecule has 1 aliphatic heterocycles. The number of halogens is 3. The van der Waals surface area contributed by atoms with E-state index in [0.29, 0.717) is 21.8 Å². The lowest BCUT2D eigenvalue weighted by Crippen LogP contribution is -2.35. The quantitative estimate of drug-likeness (QED) is 0.280. The summed E-state index contributed by atoms with van der Waals surface area (Å²) in [6, 6.07) is 16.7. The Morgan fingerprint density at radius 3 is 2.60 bits per heavy atom. The van der Waals surface area contributed by atoms with Gasteiger partial charge < -0.3 is 10.6 Å². The maximum Gasteiger partial charge on any atom is 0.254 e. The third-order valence-corrected chi connectivity index (χ3v) is 7.24. The third kappa shape index (κ3) is 5.39. The fraction of sp³-hybridized carbons (Fsp3) is 0.103. The van der Waals surface area contributed by atoms with Gasteiger partial charge in [-0.3, -0.25) is 19.0 Å². The Bertz CT molecular complexity index is 1910. The molecule has 3 heterocycles. The minimum Gasteiger partial charge on any atom is -0.348 e. The smallest absolute Gasteiger partial charge is 0.254 e. The number of benzene rings is 3. The lowest BCUT2D eigenvalue weighted by molar-refractivity contribution is -0.119. The van der Waals surface area contributed by atoms with Crippen molar-refractivity contribution >= 4 is 40.7 Å². The molecule has 0 bridgehead atoms. The molecule has 0 radical (unpaired) electrons. The lowest BCUT2D eigenvalue weighted by Gasteiger charge is -2.20. The average molecular weight is 604 g/mol. The van der Waals surface area contributed by atoms with Crippen molar-refractivity contribution in [3.8, 4) is 16.9 Å². The van der Waals surface area contributed by atoms with Crippen molar-refractivity contribution in [1.82, 2.24) is 29.9 Å². The number of fused-ring (bicyclic) bond motifs is 1. The zero-order valence-electron chi connectivity index (χ0n) is 21.6. The van der Waals surface area contributed by atoms with Crippen LogP contribution in [0.3, 0.4) is 0 Å². The van der Waals surface area contributed by atoms with Gasteiger partial charge in [0.25, 0.3) is 11.5 Å². The molecule has 210 valence electrons.